The summed E-state index contributed by atoms with van der Waals surface area (Å²) in [6, 6.07) is 0. The van der Waals surface area contributed by atoms with Crippen LogP contribution >= 0.6 is 0 Å². The van der Waals surface area contributed by atoms with Crippen molar-refractivity contribution in [3.05, 3.63) is 30.9 Å². The molecule has 90 valence electrons. The van der Waals surface area contributed by atoms with Gasteiger partial charge in [-0.05, 0) is 13.0 Å². The summed E-state index contributed by atoms with van der Waals surface area (Å²) in [7, 11) is 0. The molecule has 0 unspecified atom stereocenters. The lowest BCUT2D eigenvalue weighted by molar-refractivity contribution is 0.560. The van der Waals surface area contributed by atoms with E-state index in [2.05, 4.69) is 28.4 Å². The first-order chi connectivity index (χ1) is 7.88. The minimum atomic E-state index is 0.850. The molecule has 3 heteroatoms. The molecule has 0 bridgehead atoms. The lowest BCUT2D eigenvalue weighted by Crippen LogP contribution is -2.21. The highest BCUT2D eigenvalue weighted by Crippen LogP contribution is 1.98. The van der Waals surface area contributed by atoms with Crippen molar-refractivity contribution in [2.75, 3.05) is 13.1 Å². The molecule has 3 nitrogen and oxygen atoms in total. The molecule has 0 atom stereocenters. The van der Waals surface area contributed by atoms with Crippen molar-refractivity contribution in [1.82, 2.24) is 14.9 Å². The lowest BCUT2D eigenvalue weighted by atomic mass is 10.2. The van der Waals surface area contributed by atoms with E-state index in [1.807, 2.05) is 18.5 Å². The van der Waals surface area contributed by atoms with E-state index in [4.69, 9.17) is 0 Å². The second kappa shape index (κ2) is 8.11. The van der Waals surface area contributed by atoms with Crippen LogP contribution < -0.4 is 5.32 Å². The molecule has 1 aromatic heterocycles. The number of rotatable bonds is 9. The van der Waals surface area contributed by atoms with Gasteiger partial charge in [0.1, 0.15) is 5.82 Å². The fraction of sp³-hybridized carbons (Fsp3) is 0.615. The Bertz CT molecular complexity index is 291. The zero-order valence-electron chi connectivity index (χ0n) is 10.3. The topological polar surface area (TPSA) is 29.9 Å². The molecule has 0 aliphatic carbocycles. The number of allylic oxidation sites excluding steroid dienone is 1. The second-order valence-corrected chi connectivity index (χ2v) is 3.99. The molecule has 0 saturated carbocycles. The van der Waals surface area contributed by atoms with Crippen molar-refractivity contribution >= 4 is 0 Å². The Morgan fingerprint density at radius 1 is 1.44 bits per heavy atom. The maximum absolute atomic E-state index is 4.30. The fourth-order valence-corrected chi connectivity index (χ4v) is 1.69. The third kappa shape index (κ3) is 4.62. The Kier molecular flexibility index (Phi) is 6.58. The minimum Gasteiger partial charge on any atom is -0.333 e. The van der Waals surface area contributed by atoms with Crippen LogP contribution in [0.25, 0.3) is 0 Å². The summed E-state index contributed by atoms with van der Waals surface area (Å²) in [5.41, 5.74) is 0. The Labute approximate surface area is 98.6 Å². The maximum atomic E-state index is 4.30. The van der Waals surface area contributed by atoms with E-state index in [0.29, 0.717) is 0 Å². The molecule has 0 spiro atoms. The molecular formula is C13H23N3. The van der Waals surface area contributed by atoms with Crippen LogP contribution in [0.15, 0.2) is 25.0 Å². The number of nitrogens with zero attached hydrogens (tertiary/aromatic N) is 2. The highest BCUT2D eigenvalue weighted by atomic mass is 15.1. The predicted octanol–water partition coefficient (Wildman–Crippen LogP) is 2.39. The van der Waals surface area contributed by atoms with Gasteiger partial charge in [0.2, 0.25) is 0 Å². The highest BCUT2D eigenvalue weighted by Gasteiger charge is 1.99. The van der Waals surface area contributed by atoms with Crippen LogP contribution in [0.5, 0.6) is 0 Å². The molecule has 1 aromatic rings. The van der Waals surface area contributed by atoms with Crippen LogP contribution in [-0.2, 0) is 13.0 Å². The zero-order valence-corrected chi connectivity index (χ0v) is 10.3. The Balaban J connectivity index is 2.16. The molecular weight excluding hydrogens is 198 g/mol. The van der Waals surface area contributed by atoms with Gasteiger partial charge in [-0.15, -0.1) is 6.58 Å². The van der Waals surface area contributed by atoms with Crippen molar-refractivity contribution in [3.8, 4) is 0 Å². The van der Waals surface area contributed by atoms with Crippen LogP contribution in [0.1, 0.15) is 32.0 Å². The molecule has 16 heavy (non-hydrogen) atoms. The number of imidazole rings is 1. The van der Waals surface area contributed by atoms with Gasteiger partial charge in [0.05, 0.1) is 0 Å². The van der Waals surface area contributed by atoms with Crippen molar-refractivity contribution in [1.29, 1.82) is 0 Å². The average Bonchev–Trinajstić information content (AvgIpc) is 2.72. The van der Waals surface area contributed by atoms with E-state index in [1.54, 1.807) is 0 Å². The normalized spacial score (nSPS) is 10.6. The average molecular weight is 221 g/mol. The van der Waals surface area contributed by atoms with E-state index < -0.39 is 0 Å². The summed E-state index contributed by atoms with van der Waals surface area (Å²) in [4.78, 5) is 4.30. The first-order valence-electron chi connectivity index (χ1n) is 6.20. The van der Waals surface area contributed by atoms with Gasteiger partial charge in [-0.1, -0.05) is 25.8 Å². The Hall–Kier alpha value is -1.09. The third-order valence-electron chi connectivity index (χ3n) is 2.62. The van der Waals surface area contributed by atoms with Gasteiger partial charge >= 0.3 is 0 Å². The van der Waals surface area contributed by atoms with Gasteiger partial charge in [-0.2, -0.15) is 0 Å². The molecule has 0 fully saturated rings. The first-order valence-corrected chi connectivity index (χ1v) is 6.20. The van der Waals surface area contributed by atoms with Gasteiger partial charge in [0.25, 0.3) is 0 Å². The summed E-state index contributed by atoms with van der Waals surface area (Å²) < 4.78 is 2.19. The van der Waals surface area contributed by atoms with Gasteiger partial charge in [0.15, 0.2) is 0 Å². The van der Waals surface area contributed by atoms with Crippen molar-refractivity contribution in [2.45, 2.75) is 39.2 Å². The number of aromatic nitrogens is 2. The third-order valence-corrected chi connectivity index (χ3v) is 2.62. The van der Waals surface area contributed by atoms with E-state index in [9.17, 15) is 0 Å². The number of nitrogens with one attached hydrogen (secondary N) is 1. The zero-order chi connectivity index (χ0) is 11.6. The molecule has 1 heterocycles. The largest absolute Gasteiger partial charge is 0.333 e. The van der Waals surface area contributed by atoms with E-state index in [1.165, 1.54) is 19.3 Å². The van der Waals surface area contributed by atoms with Gasteiger partial charge < -0.3 is 9.88 Å². The maximum Gasteiger partial charge on any atom is 0.112 e. The Morgan fingerprint density at radius 3 is 3.06 bits per heavy atom. The molecule has 0 amide bonds. The molecule has 0 aliphatic heterocycles. The summed E-state index contributed by atoms with van der Waals surface area (Å²) in [6.07, 6.45) is 10.5. The van der Waals surface area contributed by atoms with E-state index >= 15 is 0 Å². The van der Waals surface area contributed by atoms with Gasteiger partial charge in [-0.25, -0.2) is 4.98 Å². The Morgan fingerprint density at radius 2 is 2.31 bits per heavy atom. The summed E-state index contributed by atoms with van der Waals surface area (Å²) in [5, 5.41) is 3.45. The van der Waals surface area contributed by atoms with Crippen LogP contribution in [0, 0.1) is 0 Å². The quantitative estimate of drug-likeness (QED) is 0.512. The molecule has 1 N–H and O–H groups in total. The van der Waals surface area contributed by atoms with E-state index in [0.717, 1.165) is 31.9 Å². The van der Waals surface area contributed by atoms with Crippen molar-refractivity contribution < 1.29 is 0 Å². The van der Waals surface area contributed by atoms with Crippen LogP contribution in [0.2, 0.25) is 0 Å². The predicted molar refractivity (Wildman–Crippen MR) is 68.5 cm³/mol. The van der Waals surface area contributed by atoms with Crippen molar-refractivity contribution in [3.63, 3.8) is 0 Å². The highest BCUT2D eigenvalue weighted by molar-refractivity contribution is 4.97. The summed E-state index contributed by atoms with van der Waals surface area (Å²) >= 11 is 0. The smallest absolute Gasteiger partial charge is 0.112 e. The van der Waals surface area contributed by atoms with Crippen LogP contribution in [0.3, 0.4) is 0 Å². The van der Waals surface area contributed by atoms with Crippen LogP contribution in [-0.4, -0.2) is 22.6 Å². The molecule has 0 aliphatic rings. The fourth-order valence-electron chi connectivity index (χ4n) is 1.69. The molecule has 0 saturated heterocycles. The van der Waals surface area contributed by atoms with Gasteiger partial charge in [0, 0.05) is 31.9 Å². The number of hydrogen-bond acceptors (Lipinski definition) is 2. The monoisotopic (exact) mass is 221 g/mol. The van der Waals surface area contributed by atoms with Crippen LogP contribution in [0.4, 0.5) is 0 Å². The first kappa shape index (κ1) is 13.0. The lowest BCUT2D eigenvalue weighted by Gasteiger charge is -2.07. The molecule has 0 aromatic carbocycles. The minimum absolute atomic E-state index is 0.850. The van der Waals surface area contributed by atoms with E-state index in [-0.39, 0.29) is 0 Å². The number of hydrogen-bond donors (Lipinski definition) is 1. The SMILES string of the molecule is C=CCc1nccn1CCNCCCCC. The summed E-state index contributed by atoms with van der Waals surface area (Å²) in [6.45, 7) is 9.10. The second-order valence-electron chi connectivity index (χ2n) is 3.99. The standard InChI is InChI=1S/C13H23N3/c1-3-5-6-8-14-9-11-16-12-10-15-13(16)7-4-2/h4,10,12,14H,2-3,5-9,11H2,1H3. The summed E-state index contributed by atoms with van der Waals surface area (Å²) in [5.74, 6) is 1.10. The van der Waals surface area contributed by atoms with Crippen molar-refractivity contribution in [2.24, 2.45) is 0 Å². The van der Waals surface area contributed by atoms with Gasteiger partial charge in [-0.3, -0.25) is 0 Å². The molecule has 0 radical (unpaired) electrons. The number of unbranched alkanes of at least 4 members (excludes halogenated alkanes) is 2. The molecule has 1 rings (SSSR count).